The molecule has 0 atom stereocenters. The average molecular weight is 395 g/mol. The van der Waals surface area contributed by atoms with Crippen molar-refractivity contribution in [1.29, 1.82) is 0 Å². The van der Waals surface area contributed by atoms with Crippen LogP contribution in [0.4, 0.5) is 4.39 Å². The molecule has 0 saturated carbocycles. The first-order chi connectivity index (χ1) is 8.90. The van der Waals surface area contributed by atoms with E-state index in [0.29, 0.717) is 9.13 Å². The fraction of sp³-hybridized carbons (Fsp3) is 0.167. The molecule has 2 aromatic rings. The van der Waals surface area contributed by atoms with Crippen molar-refractivity contribution >= 4 is 34.2 Å². The van der Waals surface area contributed by atoms with Crippen LogP contribution in [0.15, 0.2) is 34.0 Å². The lowest BCUT2D eigenvalue weighted by atomic mass is 10.2. The third-order valence-electron chi connectivity index (χ3n) is 2.61. The van der Waals surface area contributed by atoms with E-state index in [9.17, 15) is 14.0 Å². The molecule has 0 amide bonds. The maximum absolute atomic E-state index is 13.1. The van der Waals surface area contributed by atoms with Crippen molar-refractivity contribution in [3.63, 3.8) is 0 Å². The van der Waals surface area contributed by atoms with Gasteiger partial charge < -0.3 is 4.57 Å². The van der Waals surface area contributed by atoms with E-state index in [1.807, 2.05) is 22.6 Å². The Kier molecular flexibility index (Phi) is 4.10. The summed E-state index contributed by atoms with van der Waals surface area (Å²) in [5.41, 5.74) is -0.206. The molecule has 0 aliphatic rings. The van der Waals surface area contributed by atoms with Gasteiger partial charge in [-0.15, -0.1) is 0 Å². The van der Waals surface area contributed by atoms with Crippen LogP contribution in [-0.2, 0) is 13.6 Å². The predicted molar refractivity (Wildman–Crippen MR) is 79.2 cm³/mol. The zero-order valence-electron chi connectivity index (χ0n) is 9.86. The van der Waals surface area contributed by atoms with Gasteiger partial charge in [-0.3, -0.25) is 9.36 Å². The summed E-state index contributed by atoms with van der Waals surface area (Å²) in [6.07, 6.45) is 1.47. The summed E-state index contributed by atoms with van der Waals surface area (Å²) in [5.74, 6) is -0.534. The zero-order chi connectivity index (χ0) is 14.2. The first kappa shape index (κ1) is 14.3. The SMILES string of the molecule is Cn1cc(I)c(=O)n(Cc2ccc(F)c(Cl)c2)c1=O. The molecule has 100 valence electrons. The lowest BCUT2D eigenvalue weighted by Gasteiger charge is -2.08. The highest BCUT2D eigenvalue weighted by atomic mass is 127. The smallest absolute Gasteiger partial charge is 0.302 e. The number of benzene rings is 1. The molecule has 0 saturated heterocycles. The van der Waals surface area contributed by atoms with Crippen molar-refractivity contribution < 1.29 is 4.39 Å². The molecule has 0 bridgehead atoms. The second-order valence-electron chi connectivity index (χ2n) is 4.01. The standard InChI is InChI=1S/C12H9ClFIN2O2/c1-16-6-10(15)11(18)17(12(16)19)5-7-2-3-9(14)8(13)4-7/h2-4,6H,5H2,1H3. The average Bonchev–Trinajstić information content (AvgIpc) is 2.36. The molecule has 4 nitrogen and oxygen atoms in total. The summed E-state index contributed by atoms with van der Waals surface area (Å²) in [5, 5.41) is -0.0343. The second kappa shape index (κ2) is 5.46. The number of hydrogen-bond acceptors (Lipinski definition) is 2. The van der Waals surface area contributed by atoms with Gasteiger partial charge in [-0.05, 0) is 40.3 Å². The minimum absolute atomic E-state index is 0.0343. The maximum Gasteiger partial charge on any atom is 0.331 e. The van der Waals surface area contributed by atoms with Gasteiger partial charge >= 0.3 is 5.69 Å². The normalized spacial score (nSPS) is 10.7. The fourth-order valence-corrected chi connectivity index (χ4v) is 2.56. The lowest BCUT2D eigenvalue weighted by Crippen LogP contribution is -2.40. The maximum atomic E-state index is 13.1. The number of rotatable bonds is 2. The van der Waals surface area contributed by atoms with Gasteiger partial charge in [-0.25, -0.2) is 9.18 Å². The first-order valence-corrected chi connectivity index (χ1v) is 6.75. The van der Waals surface area contributed by atoms with Crippen molar-refractivity contribution in [3.8, 4) is 0 Å². The summed E-state index contributed by atoms with van der Waals surface area (Å²) in [6, 6.07) is 4.11. The van der Waals surface area contributed by atoms with Crippen LogP contribution >= 0.6 is 34.2 Å². The molecule has 19 heavy (non-hydrogen) atoms. The Morgan fingerprint density at radius 2 is 2.05 bits per heavy atom. The Labute approximate surface area is 126 Å². The molecule has 1 aromatic carbocycles. The van der Waals surface area contributed by atoms with Crippen molar-refractivity contribution in [2.45, 2.75) is 6.54 Å². The number of nitrogens with zero attached hydrogens (tertiary/aromatic N) is 2. The van der Waals surface area contributed by atoms with Crippen LogP contribution in [-0.4, -0.2) is 9.13 Å². The molecule has 1 heterocycles. The minimum atomic E-state index is -0.534. The van der Waals surface area contributed by atoms with Crippen molar-refractivity contribution in [2.75, 3.05) is 0 Å². The monoisotopic (exact) mass is 394 g/mol. The van der Waals surface area contributed by atoms with Gasteiger partial charge in [0.1, 0.15) is 5.82 Å². The Bertz CT molecular complexity index is 720. The molecule has 0 aliphatic carbocycles. The van der Waals surface area contributed by atoms with Gasteiger partial charge in [-0.1, -0.05) is 17.7 Å². The van der Waals surface area contributed by atoms with Crippen LogP contribution in [0.25, 0.3) is 0 Å². The summed E-state index contributed by atoms with van der Waals surface area (Å²) >= 11 is 7.54. The highest BCUT2D eigenvalue weighted by Gasteiger charge is 2.09. The molecule has 0 unspecified atom stereocenters. The molecule has 0 N–H and O–H groups in total. The summed E-state index contributed by atoms with van der Waals surface area (Å²) in [6.45, 7) is 0.0579. The third-order valence-corrected chi connectivity index (χ3v) is 3.64. The van der Waals surface area contributed by atoms with E-state index in [1.54, 1.807) is 7.05 Å². The van der Waals surface area contributed by atoms with Crippen LogP contribution in [0.3, 0.4) is 0 Å². The Hall–Kier alpha value is -1.15. The fourth-order valence-electron chi connectivity index (χ4n) is 1.65. The highest BCUT2D eigenvalue weighted by Crippen LogP contribution is 2.16. The number of aromatic nitrogens is 2. The molecule has 0 fully saturated rings. The van der Waals surface area contributed by atoms with Gasteiger partial charge in [0.2, 0.25) is 0 Å². The summed E-state index contributed by atoms with van der Waals surface area (Å²) < 4.78 is 15.9. The lowest BCUT2D eigenvalue weighted by molar-refractivity contribution is 0.619. The molecule has 1 aromatic heterocycles. The zero-order valence-corrected chi connectivity index (χ0v) is 12.8. The topological polar surface area (TPSA) is 44.0 Å². The second-order valence-corrected chi connectivity index (χ2v) is 5.58. The quantitative estimate of drug-likeness (QED) is 0.731. The van der Waals surface area contributed by atoms with Crippen LogP contribution in [0.5, 0.6) is 0 Å². The highest BCUT2D eigenvalue weighted by molar-refractivity contribution is 14.1. The van der Waals surface area contributed by atoms with E-state index in [4.69, 9.17) is 11.6 Å². The molecule has 0 spiro atoms. The first-order valence-electron chi connectivity index (χ1n) is 5.30. The van der Waals surface area contributed by atoms with E-state index in [2.05, 4.69) is 0 Å². The van der Waals surface area contributed by atoms with Crippen molar-refractivity contribution in [1.82, 2.24) is 9.13 Å². The van der Waals surface area contributed by atoms with Crippen molar-refractivity contribution in [3.05, 3.63) is 65.2 Å². The van der Waals surface area contributed by atoms with Crippen molar-refractivity contribution in [2.24, 2.45) is 7.05 Å². The Balaban J connectivity index is 2.52. The van der Waals surface area contributed by atoms with Gasteiger partial charge in [0.25, 0.3) is 5.56 Å². The molecule has 7 heteroatoms. The molecule has 2 rings (SSSR count). The van der Waals surface area contributed by atoms with E-state index >= 15 is 0 Å². The van der Waals surface area contributed by atoms with E-state index in [0.717, 1.165) is 4.57 Å². The summed E-state index contributed by atoms with van der Waals surface area (Å²) in [4.78, 5) is 23.8. The molecular formula is C12H9ClFIN2O2. The van der Waals surface area contributed by atoms with Gasteiger partial charge in [-0.2, -0.15) is 0 Å². The predicted octanol–water partition coefficient (Wildman–Crippen LogP) is 1.99. The van der Waals surface area contributed by atoms with Gasteiger partial charge in [0, 0.05) is 13.2 Å². The Morgan fingerprint density at radius 3 is 2.68 bits per heavy atom. The van der Waals surface area contributed by atoms with Crippen LogP contribution in [0, 0.1) is 9.39 Å². The molecule has 0 radical (unpaired) electrons. The molecular weight excluding hydrogens is 385 g/mol. The largest absolute Gasteiger partial charge is 0.331 e. The molecule has 0 aliphatic heterocycles. The van der Waals surface area contributed by atoms with Crippen LogP contribution < -0.4 is 11.2 Å². The van der Waals surface area contributed by atoms with Gasteiger partial charge in [0.15, 0.2) is 0 Å². The Morgan fingerprint density at radius 1 is 1.37 bits per heavy atom. The summed E-state index contributed by atoms with van der Waals surface area (Å²) in [7, 11) is 1.57. The van der Waals surface area contributed by atoms with E-state index < -0.39 is 11.5 Å². The van der Waals surface area contributed by atoms with E-state index in [1.165, 1.54) is 29.0 Å². The number of hydrogen-bond donors (Lipinski definition) is 0. The van der Waals surface area contributed by atoms with Crippen LogP contribution in [0.2, 0.25) is 5.02 Å². The van der Waals surface area contributed by atoms with E-state index in [-0.39, 0.29) is 17.1 Å². The minimum Gasteiger partial charge on any atom is -0.302 e. The van der Waals surface area contributed by atoms with Crippen LogP contribution in [0.1, 0.15) is 5.56 Å². The number of aryl methyl sites for hydroxylation is 1. The number of halogens is 3. The third kappa shape index (κ3) is 2.89. The van der Waals surface area contributed by atoms with Gasteiger partial charge in [0.05, 0.1) is 15.1 Å².